The van der Waals surface area contributed by atoms with E-state index in [4.69, 9.17) is 17.0 Å². The molecule has 3 amide bonds. The number of thioether (sulfide) groups is 1. The number of methoxy groups -OCH3 is 1. The Bertz CT molecular complexity index is 776. The van der Waals surface area contributed by atoms with E-state index in [-0.39, 0.29) is 18.0 Å². The van der Waals surface area contributed by atoms with Gasteiger partial charge < -0.3 is 15.4 Å². The van der Waals surface area contributed by atoms with Crippen LogP contribution in [0.25, 0.3) is 6.08 Å². The molecule has 1 aliphatic heterocycles. The largest absolute Gasteiger partial charge is 0.497 e. The van der Waals surface area contributed by atoms with Crippen molar-refractivity contribution in [3.05, 3.63) is 34.7 Å². The maximum absolute atomic E-state index is 12.7. The van der Waals surface area contributed by atoms with Gasteiger partial charge in [0.2, 0.25) is 0 Å². The maximum atomic E-state index is 12.7. The van der Waals surface area contributed by atoms with Gasteiger partial charge in [0.05, 0.1) is 12.0 Å². The van der Waals surface area contributed by atoms with Crippen molar-refractivity contribution in [2.24, 2.45) is 0 Å². The molecule has 1 aromatic rings. The first-order chi connectivity index (χ1) is 13.6. The van der Waals surface area contributed by atoms with Crippen LogP contribution in [0.15, 0.2) is 29.2 Å². The van der Waals surface area contributed by atoms with Gasteiger partial charge in [-0.2, -0.15) is 0 Å². The Kier molecular flexibility index (Phi) is 7.33. The van der Waals surface area contributed by atoms with Gasteiger partial charge in [0, 0.05) is 19.1 Å². The highest BCUT2D eigenvalue weighted by atomic mass is 32.2. The van der Waals surface area contributed by atoms with E-state index in [0.717, 1.165) is 24.2 Å². The molecule has 1 aliphatic carbocycles. The van der Waals surface area contributed by atoms with Crippen molar-refractivity contribution in [1.82, 2.24) is 15.5 Å². The van der Waals surface area contributed by atoms with Gasteiger partial charge in [0.25, 0.3) is 5.91 Å². The minimum atomic E-state index is -0.177. The second-order valence-corrected chi connectivity index (χ2v) is 8.52. The fourth-order valence-electron chi connectivity index (χ4n) is 3.34. The summed E-state index contributed by atoms with van der Waals surface area (Å²) in [5.74, 6) is 0.602. The van der Waals surface area contributed by atoms with Crippen LogP contribution in [0.4, 0.5) is 4.79 Å². The van der Waals surface area contributed by atoms with Gasteiger partial charge in [-0.25, -0.2) is 4.79 Å². The average Bonchev–Trinajstić information content (AvgIpc) is 2.96. The molecule has 1 saturated carbocycles. The predicted molar refractivity (Wildman–Crippen MR) is 116 cm³/mol. The summed E-state index contributed by atoms with van der Waals surface area (Å²) in [6, 6.07) is 7.59. The van der Waals surface area contributed by atoms with E-state index in [0.29, 0.717) is 22.3 Å². The molecule has 150 valence electrons. The van der Waals surface area contributed by atoms with Gasteiger partial charge in [-0.1, -0.05) is 55.4 Å². The third-order valence-corrected chi connectivity index (χ3v) is 6.20. The highest BCUT2D eigenvalue weighted by Crippen LogP contribution is 2.32. The summed E-state index contributed by atoms with van der Waals surface area (Å²) >= 11 is 6.62. The van der Waals surface area contributed by atoms with Crippen LogP contribution in [-0.4, -0.2) is 47.4 Å². The summed E-state index contributed by atoms with van der Waals surface area (Å²) in [5.41, 5.74) is 0.879. The standard InChI is InChI=1S/C20H25N3O3S2/c1-26-16-9-5-6-14(12-16)13-17-18(24)23(20(27)28-17)11-10-21-19(25)22-15-7-3-2-4-8-15/h5-6,9,12-13,15H,2-4,7-8,10-11H2,1H3,(H2,21,22,25)/b17-13+. The number of hydrogen-bond acceptors (Lipinski definition) is 5. The molecule has 1 saturated heterocycles. The predicted octanol–water partition coefficient (Wildman–Crippen LogP) is 3.53. The Hall–Kier alpha value is -2.06. The molecule has 0 spiro atoms. The number of carbonyl (C=O) groups excluding carboxylic acids is 2. The van der Waals surface area contributed by atoms with Crippen molar-refractivity contribution in [3.8, 4) is 5.75 Å². The van der Waals surface area contributed by atoms with Crippen LogP contribution in [0.5, 0.6) is 5.75 Å². The molecule has 2 N–H and O–H groups in total. The van der Waals surface area contributed by atoms with Crippen molar-refractivity contribution >= 4 is 46.3 Å². The lowest BCUT2D eigenvalue weighted by atomic mass is 9.96. The number of ether oxygens (including phenoxy) is 1. The van der Waals surface area contributed by atoms with Crippen LogP contribution in [0.1, 0.15) is 37.7 Å². The zero-order chi connectivity index (χ0) is 19.9. The Labute approximate surface area is 175 Å². The molecule has 0 aromatic heterocycles. The lowest BCUT2D eigenvalue weighted by Crippen LogP contribution is -2.45. The lowest BCUT2D eigenvalue weighted by Gasteiger charge is -2.23. The van der Waals surface area contributed by atoms with Crippen LogP contribution in [0, 0.1) is 0 Å². The number of amides is 3. The highest BCUT2D eigenvalue weighted by molar-refractivity contribution is 8.26. The molecule has 3 rings (SSSR count). The topological polar surface area (TPSA) is 70.7 Å². The fourth-order valence-corrected chi connectivity index (χ4v) is 4.65. The lowest BCUT2D eigenvalue weighted by molar-refractivity contribution is -0.122. The van der Waals surface area contributed by atoms with E-state index in [2.05, 4.69) is 10.6 Å². The Morgan fingerprint density at radius 2 is 2.14 bits per heavy atom. The van der Waals surface area contributed by atoms with E-state index < -0.39 is 0 Å². The minimum Gasteiger partial charge on any atom is -0.497 e. The quantitative estimate of drug-likeness (QED) is 0.545. The molecule has 1 heterocycles. The highest BCUT2D eigenvalue weighted by Gasteiger charge is 2.31. The molecule has 0 atom stereocenters. The molecule has 2 aliphatic rings. The number of hydrogen-bond donors (Lipinski definition) is 2. The number of nitrogens with zero attached hydrogens (tertiary/aromatic N) is 1. The van der Waals surface area contributed by atoms with Crippen LogP contribution in [-0.2, 0) is 4.79 Å². The van der Waals surface area contributed by atoms with Gasteiger partial charge in [-0.3, -0.25) is 9.69 Å². The first-order valence-corrected chi connectivity index (χ1v) is 10.7. The Morgan fingerprint density at radius 1 is 1.36 bits per heavy atom. The third-order valence-electron chi connectivity index (χ3n) is 4.83. The number of thiocarbonyl (C=S) groups is 1. The van der Waals surface area contributed by atoms with Crippen molar-refractivity contribution in [2.75, 3.05) is 20.2 Å². The summed E-state index contributed by atoms with van der Waals surface area (Å²) in [7, 11) is 1.61. The number of nitrogens with one attached hydrogen (secondary N) is 2. The molecule has 0 unspecified atom stereocenters. The Morgan fingerprint density at radius 3 is 2.89 bits per heavy atom. The van der Waals surface area contributed by atoms with Crippen LogP contribution >= 0.6 is 24.0 Å². The van der Waals surface area contributed by atoms with Crippen molar-refractivity contribution in [1.29, 1.82) is 0 Å². The molecule has 0 bridgehead atoms. The van der Waals surface area contributed by atoms with Gasteiger partial charge >= 0.3 is 6.03 Å². The zero-order valence-corrected chi connectivity index (χ0v) is 17.5. The first kappa shape index (κ1) is 20.7. The number of benzene rings is 1. The van der Waals surface area contributed by atoms with Gasteiger partial charge in [-0.05, 0) is 36.6 Å². The molecule has 2 fully saturated rings. The summed E-state index contributed by atoms with van der Waals surface area (Å²) in [5, 5.41) is 5.83. The van der Waals surface area contributed by atoms with Crippen LogP contribution in [0.2, 0.25) is 0 Å². The summed E-state index contributed by atoms with van der Waals surface area (Å²) in [4.78, 5) is 26.8. The summed E-state index contributed by atoms with van der Waals surface area (Å²) < 4.78 is 5.72. The van der Waals surface area contributed by atoms with E-state index in [9.17, 15) is 9.59 Å². The molecule has 8 heteroatoms. The molecular weight excluding hydrogens is 394 g/mol. The average molecular weight is 420 g/mol. The second-order valence-electron chi connectivity index (χ2n) is 6.85. The van der Waals surface area contributed by atoms with Crippen LogP contribution in [0.3, 0.4) is 0 Å². The number of carbonyl (C=O) groups is 2. The van der Waals surface area contributed by atoms with Crippen molar-refractivity contribution in [3.63, 3.8) is 0 Å². The molecule has 28 heavy (non-hydrogen) atoms. The van der Waals surface area contributed by atoms with Gasteiger partial charge in [-0.15, -0.1) is 0 Å². The normalized spacial score (nSPS) is 19.2. The van der Waals surface area contributed by atoms with Crippen molar-refractivity contribution in [2.45, 2.75) is 38.1 Å². The van der Waals surface area contributed by atoms with Gasteiger partial charge in [0.1, 0.15) is 10.1 Å². The number of urea groups is 1. The van der Waals surface area contributed by atoms with Crippen LogP contribution < -0.4 is 15.4 Å². The first-order valence-electron chi connectivity index (χ1n) is 9.50. The Balaban J connectivity index is 1.50. The van der Waals surface area contributed by atoms with E-state index in [1.54, 1.807) is 7.11 Å². The summed E-state index contributed by atoms with van der Waals surface area (Å²) in [6.45, 7) is 0.718. The molecule has 0 radical (unpaired) electrons. The second kappa shape index (κ2) is 9.93. The molecule has 1 aromatic carbocycles. The van der Waals surface area contributed by atoms with E-state index in [1.807, 2.05) is 30.3 Å². The van der Waals surface area contributed by atoms with E-state index in [1.165, 1.54) is 35.9 Å². The SMILES string of the molecule is COc1cccc(/C=C2/SC(=S)N(CCNC(=O)NC3CCCCC3)C2=O)c1. The fraction of sp³-hybridized carbons (Fsp3) is 0.450. The van der Waals surface area contributed by atoms with E-state index >= 15 is 0 Å². The third kappa shape index (κ3) is 5.48. The van der Waals surface area contributed by atoms with Gasteiger partial charge in [0.15, 0.2) is 0 Å². The monoisotopic (exact) mass is 419 g/mol. The molecule has 6 nitrogen and oxygen atoms in total. The molecular formula is C20H25N3O3S2. The van der Waals surface area contributed by atoms with Crippen molar-refractivity contribution < 1.29 is 14.3 Å². The zero-order valence-electron chi connectivity index (χ0n) is 15.9. The summed E-state index contributed by atoms with van der Waals surface area (Å²) in [6.07, 6.45) is 7.47. The number of rotatable bonds is 6. The smallest absolute Gasteiger partial charge is 0.315 e. The maximum Gasteiger partial charge on any atom is 0.315 e. The minimum absolute atomic E-state index is 0.132.